The van der Waals surface area contributed by atoms with Crippen LogP contribution in [0.25, 0.3) is 6.08 Å². The van der Waals surface area contributed by atoms with E-state index in [4.69, 9.17) is 18.9 Å². The van der Waals surface area contributed by atoms with Crippen LogP contribution in [0, 0.1) is 0 Å². The maximum Gasteiger partial charge on any atom is 0.343 e. The number of aromatic hydroxyl groups is 1. The normalized spacial score (nSPS) is 14.4. The summed E-state index contributed by atoms with van der Waals surface area (Å²) in [5.41, 5.74) is 2.00. The maximum atomic E-state index is 14.1. The molecule has 2 aromatic carbocycles. The van der Waals surface area contributed by atoms with Crippen LogP contribution in [0.1, 0.15) is 43.5 Å². The highest BCUT2D eigenvalue weighted by atomic mass is 32.1. The summed E-state index contributed by atoms with van der Waals surface area (Å²) in [6.07, 6.45) is 3.75. The first-order valence-corrected chi connectivity index (χ1v) is 14.7. The molecule has 3 aromatic rings. The maximum absolute atomic E-state index is 14.1. The third-order valence-electron chi connectivity index (χ3n) is 6.73. The Morgan fingerprint density at radius 2 is 1.86 bits per heavy atom. The summed E-state index contributed by atoms with van der Waals surface area (Å²) < 4.78 is 28.6. The van der Waals surface area contributed by atoms with Crippen molar-refractivity contribution in [1.29, 1.82) is 0 Å². The van der Waals surface area contributed by atoms with Gasteiger partial charge in [0.1, 0.15) is 0 Å². The number of rotatable bonds is 12. The third-order valence-corrected chi connectivity index (χ3v) is 7.71. The fourth-order valence-corrected chi connectivity index (χ4v) is 5.82. The number of ether oxygens (including phenoxy) is 5. The topological polar surface area (TPSA) is 135 Å². The first kappa shape index (κ1) is 32.1. The van der Waals surface area contributed by atoms with Crippen molar-refractivity contribution in [3.8, 4) is 23.0 Å². The first-order valence-electron chi connectivity index (χ1n) is 13.8. The molecule has 44 heavy (non-hydrogen) atoms. The number of esters is 2. The predicted octanol–water partition coefficient (Wildman–Crippen LogP) is 3.19. The SMILES string of the molecule is C=CCc1cc(/C=c2\sc3n(c2=O)[C@H](c2ccc(OCC(=O)OC)c(OCC)c2)C(C(=O)OCC)=C(C)N=3)cc(OC)c1O. The molecule has 1 aliphatic rings. The predicted molar refractivity (Wildman–Crippen MR) is 164 cm³/mol. The Balaban J connectivity index is 1.92. The zero-order chi connectivity index (χ0) is 32.0. The van der Waals surface area contributed by atoms with Crippen molar-refractivity contribution >= 4 is 29.4 Å². The molecular weight excluding hydrogens is 588 g/mol. The van der Waals surface area contributed by atoms with Crippen LogP contribution >= 0.6 is 11.3 Å². The molecule has 1 aliphatic heterocycles. The number of phenolic OH excluding ortho intramolecular Hbond substituents is 1. The van der Waals surface area contributed by atoms with Crippen LogP contribution in [0.4, 0.5) is 0 Å². The largest absolute Gasteiger partial charge is 0.504 e. The van der Waals surface area contributed by atoms with Gasteiger partial charge in [-0.3, -0.25) is 9.36 Å². The van der Waals surface area contributed by atoms with Crippen LogP contribution in [-0.2, 0) is 25.5 Å². The Bertz CT molecular complexity index is 1800. The molecule has 1 N–H and O–H groups in total. The molecule has 0 radical (unpaired) electrons. The minimum Gasteiger partial charge on any atom is -0.504 e. The zero-order valence-corrected chi connectivity index (χ0v) is 26.0. The molecular formula is C32H34N2O9S. The van der Waals surface area contributed by atoms with Crippen LogP contribution < -0.4 is 29.1 Å². The summed E-state index contributed by atoms with van der Waals surface area (Å²) in [6.45, 7) is 9.04. The summed E-state index contributed by atoms with van der Waals surface area (Å²) in [5, 5.41) is 10.5. The first-order chi connectivity index (χ1) is 21.2. The van der Waals surface area contributed by atoms with Crippen molar-refractivity contribution in [2.45, 2.75) is 33.2 Å². The molecule has 0 aliphatic carbocycles. The number of carbonyl (C=O) groups excluding carboxylic acids is 2. The number of allylic oxidation sites excluding steroid dienone is 2. The lowest BCUT2D eigenvalue weighted by Gasteiger charge is -2.25. The van der Waals surface area contributed by atoms with Gasteiger partial charge in [-0.05, 0) is 68.7 Å². The third kappa shape index (κ3) is 6.55. The Morgan fingerprint density at radius 1 is 1.09 bits per heavy atom. The summed E-state index contributed by atoms with van der Waals surface area (Å²) in [6, 6.07) is 7.47. The molecule has 1 aromatic heterocycles. The van der Waals surface area contributed by atoms with Crippen molar-refractivity contribution in [3.63, 3.8) is 0 Å². The van der Waals surface area contributed by atoms with E-state index < -0.39 is 18.0 Å². The standard InChI is InChI=1S/C32H34N2O9S/c1-7-10-21-13-19(14-24(39-5)29(21)36)15-25-30(37)34-28(27(31(38)42-9-3)18(4)33-32(34)44-25)20-11-12-22(23(16-20)41-8-2)43-17-26(35)40-6/h7,11-16,28,36H,1,8-10,17H2,2-6H3/b25-15-/t28-/m1/s1. The molecule has 0 saturated carbocycles. The lowest BCUT2D eigenvalue weighted by atomic mass is 9.95. The van der Waals surface area contributed by atoms with E-state index in [1.165, 1.54) is 30.1 Å². The Labute approximate surface area is 257 Å². The number of fused-ring (bicyclic) bond motifs is 1. The molecule has 0 bridgehead atoms. The second kappa shape index (κ2) is 14.1. The van der Waals surface area contributed by atoms with Gasteiger partial charge in [0.25, 0.3) is 5.56 Å². The summed E-state index contributed by atoms with van der Waals surface area (Å²) in [7, 11) is 2.71. The number of methoxy groups -OCH3 is 2. The van der Waals surface area contributed by atoms with Crippen LogP contribution in [0.2, 0.25) is 0 Å². The fourth-order valence-electron chi connectivity index (χ4n) is 4.78. The molecule has 2 heterocycles. The van der Waals surface area contributed by atoms with Crippen molar-refractivity contribution < 1.29 is 38.4 Å². The molecule has 0 unspecified atom stereocenters. The van der Waals surface area contributed by atoms with Crippen LogP contribution in [0.5, 0.6) is 23.0 Å². The molecule has 0 saturated heterocycles. The number of hydrogen-bond donors (Lipinski definition) is 1. The fraction of sp³-hybridized carbons (Fsp3) is 0.312. The number of aromatic nitrogens is 1. The molecule has 0 amide bonds. The number of thiazole rings is 1. The van der Waals surface area contributed by atoms with Gasteiger partial charge in [0.15, 0.2) is 34.4 Å². The van der Waals surface area contributed by atoms with Crippen molar-refractivity contribution in [1.82, 2.24) is 4.57 Å². The number of nitrogens with zero attached hydrogens (tertiary/aromatic N) is 2. The summed E-state index contributed by atoms with van der Waals surface area (Å²) in [5.74, 6) is -0.281. The van der Waals surface area contributed by atoms with E-state index in [0.29, 0.717) is 56.2 Å². The number of phenols is 1. The molecule has 4 rings (SSSR count). The van der Waals surface area contributed by atoms with E-state index in [2.05, 4.69) is 16.3 Å². The van der Waals surface area contributed by atoms with Gasteiger partial charge in [0, 0.05) is 5.56 Å². The zero-order valence-electron chi connectivity index (χ0n) is 25.2. The van der Waals surface area contributed by atoms with Crippen LogP contribution in [0.3, 0.4) is 0 Å². The van der Waals surface area contributed by atoms with Gasteiger partial charge in [-0.15, -0.1) is 6.58 Å². The number of benzene rings is 2. The molecule has 12 heteroatoms. The minimum absolute atomic E-state index is 0.00447. The second-order valence-electron chi connectivity index (χ2n) is 9.53. The Morgan fingerprint density at radius 3 is 2.52 bits per heavy atom. The van der Waals surface area contributed by atoms with E-state index in [9.17, 15) is 19.5 Å². The van der Waals surface area contributed by atoms with E-state index >= 15 is 0 Å². The molecule has 1 atom stereocenters. The van der Waals surface area contributed by atoms with Gasteiger partial charge in [-0.1, -0.05) is 23.5 Å². The molecule has 0 spiro atoms. The van der Waals surface area contributed by atoms with Gasteiger partial charge in [-0.25, -0.2) is 14.6 Å². The number of hydrogen-bond acceptors (Lipinski definition) is 11. The van der Waals surface area contributed by atoms with Crippen molar-refractivity contribution in [2.24, 2.45) is 4.99 Å². The van der Waals surface area contributed by atoms with Gasteiger partial charge in [0.05, 0.1) is 49.3 Å². The number of carbonyl (C=O) groups is 2. The average molecular weight is 623 g/mol. The van der Waals surface area contributed by atoms with E-state index in [0.717, 1.165) is 0 Å². The van der Waals surface area contributed by atoms with Crippen LogP contribution in [-0.4, -0.2) is 55.7 Å². The highest BCUT2D eigenvalue weighted by Gasteiger charge is 2.34. The van der Waals surface area contributed by atoms with Gasteiger partial charge < -0.3 is 28.8 Å². The summed E-state index contributed by atoms with van der Waals surface area (Å²) >= 11 is 1.17. The Kier molecular flexibility index (Phi) is 10.3. The minimum atomic E-state index is -0.896. The van der Waals surface area contributed by atoms with Gasteiger partial charge in [0.2, 0.25) is 0 Å². The quantitative estimate of drug-likeness (QED) is 0.239. The van der Waals surface area contributed by atoms with Crippen molar-refractivity contribution in [3.05, 3.63) is 90.6 Å². The second-order valence-corrected chi connectivity index (χ2v) is 10.5. The van der Waals surface area contributed by atoms with Gasteiger partial charge in [-0.2, -0.15) is 0 Å². The van der Waals surface area contributed by atoms with E-state index in [1.54, 1.807) is 63.3 Å². The molecule has 232 valence electrons. The Hall–Kier alpha value is -4.84. The smallest absolute Gasteiger partial charge is 0.343 e. The van der Waals surface area contributed by atoms with Gasteiger partial charge >= 0.3 is 11.9 Å². The summed E-state index contributed by atoms with van der Waals surface area (Å²) in [4.78, 5) is 44.0. The van der Waals surface area contributed by atoms with Crippen LogP contribution in [0.15, 0.2) is 64.0 Å². The monoisotopic (exact) mass is 622 g/mol. The van der Waals surface area contributed by atoms with Crippen molar-refractivity contribution in [2.75, 3.05) is 34.0 Å². The lowest BCUT2D eigenvalue weighted by Crippen LogP contribution is -2.40. The highest BCUT2D eigenvalue weighted by molar-refractivity contribution is 7.07. The van der Waals surface area contributed by atoms with E-state index in [1.807, 2.05) is 0 Å². The average Bonchev–Trinajstić information content (AvgIpc) is 3.31. The van der Waals surface area contributed by atoms with E-state index in [-0.39, 0.29) is 35.8 Å². The molecule has 0 fully saturated rings. The highest BCUT2D eigenvalue weighted by Crippen LogP contribution is 2.37. The molecule has 11 nitrogen and oxygen atoms in total. The lowest BCUT2D eigenvalue weighted by molar-refractivity contribution is -0.143.